The zero-order valence-corrected chi connectivity index (χ0v) is 29.6. The van der Waals surface area contributed by atoms with Gasteiger partial charge in [-0.15, -0.1) is 0 Å². The maximum absolute atomic E-state index is 12.9. The number of aromatic amines is 1. The average molecular weight is 658 g/mol. The highest BCUT2D eigenvalue weighted by Crippen LogP contribution is 2.26. The lowest BCUT2D eigenvalue weighted by molar-refractivity contribution is -0.145. The van der Waals surface area contributed by atoms with Gasteiger partial charge in [-0.25, -0.2) is 4.98 Å². The smallest absolute Gasteiger partial charge is 0.305 e. The van der Waals surface area contributed by atoms with Gasteiger partial charge in [0.05, 0.1) is 12.9 Å². The number of ether oxygens (including phenoxy) is 1. The molecule has 0 saturated carbocycles. The quantitative estimate of drug-likeness (QED) is 0.0523. The highest BCUT2D eigenvalue weighted by atomic mass is 28.3. The van der Waals surface area contributed by atoms with Gasteiger partial charge in [0.2, 0.25) is 5.95 Å². The van der Waals surface area contributed by atoms with E-state index in [1.807, 2.05) is 4.57 Å². The largest absolute Gasteiger partial charge is 0.465 e. The van der Waals surface area contributed by atoms with Crippen molar-refractivity contribution in [3.63, 3.8) is 0 Å². The Morgan fingerprint density at radius 2 is 1.45 bits per heavy atom. The predicted molar refractivity (Wildman–Crippen MR) is 196 cm³/mol. The maximum Gasteiger partial charge on any atom is 0.305 e. The second-order valence-corrected chi connectivity index (χ2v) is 17.4. The number of benzene rings is 2. The van der Waals surface area contributed by atoms with E-state index in [0.717, 1.165) is 44.2 Å². The molecule has 3 N–H and O–H groups in total. The minimum atomic E-state index is -2.16. The number of imidazole rings is 1. The molecule has 0 fully saturated rings. The molecule has 0 saturated heterocycles. The van der Waals surface area contributed by atoms with E-state index in [1.54, 1.807) is 6.33 Å². The van der Waals surface area contributed by atoms with E-state index in [1.165, 1.54) is 55.3 Å². The predicted octanol–water partition coefficient (Wildman–Crippen LogP) is 7.24. The third kappa shape index (κ3) is 10.6. The maximum atomic E-state index is 12.9. The summed E-state index contributed by atoms with van der Waals surface area (Å²) < 4.78 is 7.86. The van der Waals surface area contributed by atoms with E-state index < -0.39 is 8.07 Å². The molecule has 0 aliphatic heterocycles. The fourth-order valence-electron chi connectivity index (χ4n) is 6.79. The molecule has 4 aromatic rings. The molecule has 2 aromatic heterocycles. The van der Waals surface area contributed by atoms with Crippen molar-refractivity contribution in [1.82, 2.24) is 19.5 Å². The van der Waals surface area contributed by atoms with Gasteiger partial charge in [-0.2, -0.15) is 4.98 Å². The number of H-pyrrole nitrogens is 1. The van der Waals surface area contributed by atoms with Crippen LogP contribution in [0.4, 0.5) is 5.95 Å². The van der Waals surface area contributed by atoms with Crippen LogP contribution in [0.1, 0.15) is 97.3 Å². The van der Waals surface area contributed by atoms with Gasteiger partial charge in [0.25, 0.3) is 5.56 Å². The molecule has 0 unspecified atom stereocenters. The third-order valence-electron chi connectivity index (χ3n) is 9.50. The van der Waals surface area contributed by atoms with Gasteiger partial charge >= 0.3 is 5.97 Å². The number of aromatic nitrogens is 4. The Kier molecular flexibility index (Phi) is 14.7. The van der Waals surface area contributed by atoms with Crippen LogP contribution in [-0.4, -0.2) is 40.2 Å². The molecular formula is C38H55N5O3Si. The number of hydrogen-bond acceptors (Lipinski definition) is 6. The molecular weight excluding hydrogens is 603 g/mol. The van der Waals surface area contributed by atoms with E-state index in [0.29, 0.717) is 25.2 Å². The summed E-state index contributed by atoms with van der Waals surface area (Å²) in [5.74, 6) is -0.0529. The molecule has 0 bridgehead atoms. The van der Waals surface area contributed by atoms with E-state index in [-0.39, 0.29) is 28.9 Å². The molecule has 0 aliphatic carbocycles. The summed E-state index contributed by atoms with van der Waals surface area (Å²) in [6.45, 7) is 5.35. The van der Waals surface area contributed by atoms with Gasteiger partial charge in [0, 0.05) is 18.9 Å². The van der Waals surface area contributed by atoms with Crippen LogP contribution in [0.5, 0.6) is 0 Å². The van der Waals surface area contributed by atoms with Crippen molar-refractivity contribution in [3.8, 4) is 0 Å². The van der Waals surface area contributed by atoms with E-state index >= 15 is 0 Å². The summed E-state index contributed by atoms with van der Waals surface area (Å²) in [6.07, 6.45) is 16.1. The number of esters is 1. The standard InChI is InChI=1S/C38H55N5O3Si/c1-3-5-7-8-9-10-11-12-19-24-34(44)46-29-31(28-43-30-40-35-36(43)41-38(39)42-37(35)45)25-27-47(26-6-4-2,32-20-15-13-16-21-32)33-22-17-14-18-23-33/h13-18,20-23,30-31H,3-12,19,24-29H2,1-2H3,(H3,39,41,42,45)/t31-/m1/s1. The Morgan fingerprint density at radius 1 is 0.851 bits per heavy atom. The lowest BCUT2D eigenvalue weighted by Gasteiger charge is -2.34. The highest BCUT2D eigenvalue weighted by molar-refractivity contribution is 7.02. The number of nitrogens with zero attached hydrogens (tertiary/aromatic N) is 3. The van der Waals surface area contributed by atoms with Gasteiger partial charge in [-0.3, -0.25) is 14.6 Å². The first-order valence-electron chi connectivity index (χ1n) is 17.9. The molecule has 8 nitrogen and oxygen atoms in total. The summed E-state index contributed by atoms with van der Waals surface area (Å²) in [5.41, 5.74) is 6.27. The monoisotopic (exact) mass is 657 g/mol. The highest BCUT2D eigenvalue weighted by Gasteiger charge is 2.37. The molecule has 0 radical (unpaired) electrons. The number of hydrogen-bond donors (Lipinski definition) is 2. The van der Waals surface area contributed by atoms with Crippen LogP contribution < -0.4 is 21.7 Å². The molecule has 2 aromatic carbocycles. The minimum Gasteiger partial charge on any atom is -0.465 e. The van der Waals surface area contributed by atoms with Crippen LogP contribution >= 0.6 is 0 Å². The summed E-state index contributed by atoms with van der Waals surface area (Å²) in [5, 5.41) is 2.88. The van der Waals surface area contributed by atoms with E-state index in [2.05, 4.69) is 89.5 Å². The van der Waals surface area contributed by atoms with Crippen molar-refractivity contribution in [2.24, 2.45) is 5.92 Å². The Morgan fingerprint density at radius 3 is 2.06 bits per heavy atom. The second kappa shape index (κ2) is 19.2. The van der Waals surface area contributed by atoms with Crippen molar-refractivity contribution < 1.29 is 9.53 Å². The van der Waals surface area contributed by atoms with Crippen LogP contribution in [0.3, 0.4) is 0 Å². The second-order valence-electron chi connectivity index (χ2n) is 13.1. The number of carbonyl (C=O) groups is 1. The van der Waals surface area contributed by atoms with Gasteiger partial charge in [0.1, 0.15) is 8.07 Å². The molecule has 2 heterocycles. The number of rotatable bonds is 22. The van der Waals surface area contributed by atoms with E-state index in [9.17, 15) is 9.59 Å². The van der Waals surface area contributed by atoms with E-state index in [4.69, 9.17) is 10.5 Å². The Balaban J connectivity index is 1.49. The van der Waals surface area contributed by atoms with Gasteiger partial charge in [-0.05, 0) is 24.9 Å². The van der Waals surface area contributed by atoms with Crippen molar-refractivity contribution in [3.05, 3.63) is 77.3 Å². The molecule has 0 amide bonds. The van der Waals surface area contributed by atoms with Gasteiger partial charge in [-0.1, -0.05) is 149 Å². The SMILES string of the molecule is CCCCCCCCCCCC(=O)OC[C@H](CC[Si](CCCC)(c1ccccc1)c1ccccc1)Cn1cnc2c(=O)[nH]c(N)nc21. The summed E-state index contributed by atoms with van der Waals surface area (Å²) in [4.78, 5) is 36.7. The van der Waals surface area contributed by atoms with Crippen LogP contribution in [-0.2, 0) is 16.1 Å². The van der Waals surface area contributed by atoms with Crippen LogP contribution in [0.15, 0.2) is 71.8 Å². The topological polar surface area (TPSA) is 116 Å². The Bertz CT molecular complexity index is 1500. The van der Waals surface area contributed by atoms with Crippen molar-refractivity contribution in [1.29, 1.82) is 0 Å². The lowest BCUT2D eigenvalue weighted by atomic mass is 10.1. The summed E-state index contributed by atoms with van der Waals surface area (Å²) >= 11 is 0. The van der Waals surface area contributed by atoms with Crippen LogP contribution in [0, 0.1) is 5.92 Å². The van der Waals surface area contributed by atoms with Gasteiger partial charge < -0.3 is 15.0 Å². The third-order valence-corrected chi connectivity index (χ3v) is 14.7. The number of anilines is 1. The fraction of sp³-hybridized carbons (Fsp3) is 0.526. The van der Waals surface area contributed by atoms with Gasteiger partial charge in [0.15, 0.2) is 11.2 Å². The Hall–Kier alpha value is -3.72. The summed E-state index contributed by atoms with van der Waals surface area (Å²) in [7, 11) is -2.16. The number of nitrogen functional groups attached to an aromatic ring is 1. The number of carbonyl (C=O) groups excluding carboxylic acids is 1. The number of unbranched alkanes of at least 4 members (excludes halogenated alkanes) is 9. The Labute approximate surface area is 281 Å². The lowest BCUT2D eigenvalue weighted by Crippen LogP contribution is -2.58. The van der Waals surface area contributed by atoms with Crippen LogP contribution in [0.25, 0.3) is 11.2 Å². The fourth-order valence-corrected chi connectivity index (χ4v) is 12.0. The van der Waals surface area contributed by atoms with Crippen LogP contribution in [0.2, 0.25) is 12.1 Å². The zero-order chi connectivity index (χ0) is 33.3. The number of fused-ring (bicyclic) bond motifs is 1. The summed E-state index contributed by atoms with van der Waals surface area (Å²) in [6, 6.07) is 24.2. The van der Waals surface area contributed by atoms with Crippen molar-refractivity contribution in [2.45, 2.75) is 116 Å². The molecule has 9 heteroatoms. The van der Waals surface area contributed by atoms with Crippen molar-refractivity contribution in [2.75, 3.05) is 12.3 Å². The molecule has 254 valence electrons. The molecule has 1 atom stereocenters. The molecule has 0 spiro atoms. The average Bonchev–Trinajstić information content (AvgIpc) is 3.49. The first-order valence-corrected chi connectivity index (χ1v) is 20.4. The molecule has 4 rings (SSSR count). The number of nitrogens with two attached hydrogens (primary N) is 1. The zero-order valence-electron chi connectivity index (χ0n) is 28.6. The normalized spacial score (nSPS) is 12.4. The first-order chi connectivity index (χ1) is 23.0. The van der Waals surface area contributed by atoms with Crippen molar-refractivity contribution >= 4 is 41.5 Å². The minimum absolute atomic E-state index is 0.0164. The molecule has 0 aliphatic rings. The number of nitrogens with one attached hydrogen (secondary N) is 1. The first kappa shape index (κ1) is 36.1. The molecule has 47 heavy (non-hydrogen) atoms.